The summed E-state index contributed by atoms with van der Waals surface area (Å²) in [6, 6.07) is 4.18. The second kappa shape index (κ2) is 4.34. The average Bonchev–Trinajstić information content (AvgIpc) is 2.78. The number of hydrogen-bond acceptors (Lipinski definition) is 3. The summed E-state index contributed by atoms with van der Waals surface area (Å²) in [5, 5.41) is 0. The number of allylic oxidation sites excluding steroid dienone is 1. The van der Waals surface area contributed by atoms with Crippen LogP contribution in [0.3, 0.4) is 0 Å². The van der Waals surface area contributed by atoms with Crippen molar-refractivity contribution in [2.45, 2.75) is 39.5 Å². The van der Waals surface area contributed by atoms with Crippen LogP contribution < -0.4 is 0 Å². The minimum atomic E-state index is 0.327. The standard InChI is InChI=1S/C16H18N2O/c1-9(2)12-6-5-11-7-14-15(8-13(11)17-12)19-16(18-14)10(3)4/h5-6,10H,1,7-8H2,2-4H3. The van der Waals surface area contributed by atoms with Crippen LogP contribution in [-0.4, -0.2) is 9.97 Å². The van der Waals surface area contributed by atoms with Crippen molar-refractivity contribution in [1.82, 2.24) is 9.97 Å². The zero-order chi connectivity index (χ0) is 13.6. The molecule has 3 rings (SSSR count). The molecular formula is C16H18N2O. The van der Waals surface area contributed by atoms with E-state index in [9.17, 15) is 0 Å². The minimum Gasteiger partial charge on any atom is -0.445 e. The second-order valence-corrected chi connectivity index (χ2v) is 5.51. The van der Waals surface area contributed by atoms with Gasteiger partial charge in [-0.15, -0.1) is 0 Å². The van der Waals surface area contributed by atoms with Crippen molar-refractivity contribution < 1.29 is 4.42 Å². The maximum absolute atomic E-state index is 5.85. The number of aromatic nitrogens is 2. The molecule has 0 aromatic carbocycles. The molecule has 0 atom stereocenters. The zero-order valence-electron chi connectivity index (χ0n) is 11.7. The molecule has 0 saturated carbocycles. The zero-order valence-corrected chi connectivity index (χ0v) is 11.7. The summed E-state index contributed by atoms with van der Waals surface area (Å²) in [4.78, 5) is 9.27. The molecule has 3 heteroatoms. The van der Waals surface area contributed by atoms with Gasteiger partial charge in [-0.2, -0.15) is 0 Å². The van der Waals surface area contributed by atoms with Crippen LogP contribution in [0, 0.1) is 0 Å². The molecule has 0 saturated heterocycles. The molecule has 2 aromatic rings. The number of rotatable bonds is 2. The van der Waals surface area contributed by atoms with Crippen LogP contribution in [-0.2, 0) is 12.8 Å². The molecule has 0 N–H and O–H groups in total. The van der Waals surface area contributed by atoms with E-state index in [1.807, 2.05) is 13.0 Å². The maximum Gasteiger partial charge on any atom is 0.197 e. The molecule has 3 nitrogen and oxygen atoms in total. The fraction of sp³-hybridized carbons (Fsp3) is 0.375. The molecule has 0 fully saturated rings. The van der Waals surface area contributed by atoms with E-state index in [0.29, 0.717) is 5.92 Å². The van der Waals surface area contributed by atoms with Crippen molar-refractivity contribution in [3.8, 4) is 0 Å². The van der Waals surface area contributed by atoms with E-state index in [2.05, 4.69) is 36.5 Å². The number of nitrogens with zero attached hydrogens (tertiary/aromatic N) is 2. The second-order valence-electron chi connectivity index (χ2n) is 5.51. The van der Waals surface area contributed by atoms with Crippen molar-refractivity contribution in [3.63, 3.8) is 0 Å². The SMILES string of the molecule is C=C(C)c1ccc2c(n1)Cc1oc(C(C)C)nc1C2. The van der Waals surface area contributed by atoms with E-state index >= 15 is 0 Å². The monoisotopic (exact) mass is 254 g/mol. The highest BCUT2D eigenvalue weighted by molar-refractivity contribution is 5.58. The average molecular weight is 254 g/mol. The smallest absolute Gasteiger partial charge is 0.197 e. The Morgan fingerprint density at radius 1 is 1.21 bits per heavy atom. The van der Waals surface area contributed by atoms with Gasteiger partial charge >= 0.3 is 0 Å². The van der Waals surface area contributed by atoms with E-state index in [4.69, 9.17) is 4.42 Å². The Kier molecular flexibility index (Phi) is 2.77. The number of hydrogen-bond donors (Lipinski definition) is 0. The normalized spacial score (nSPS) is 13.3. The molecular weight excluding hydrogens is 236 g/mol. The first-order valence-corrected chi connectivity index (χ1v) is 6.67. The summed E-state index contributed by atoms with van der Waals surface area (Å²) in [5.41, 5.74) is 5.38. The van der Waals surface area contributed by atoms with Gasteiger partial charge in [0.15, 0.2) is 5.89 Å². The van der Waals surface area contributed by atoms with Crippen molar-refractivity contribution in [2.75, 3.05) is 0 Å². The van der Waals surface area contributed by atoms with Crippen LogP contribution in [0.15, 0.2) is 23.1 Å². The van der Waals surface area contributed by atoms with Crippen LogP contribution in [0.25, 0.3) is 5.57 Å². The van der Waals surface area contributed by atoms with E-state index in [1.165, 1.54) is 5.56 Å². The molecule has 2 aromatic heterocycles. The van der Waals surface area contributed by atoms with Crippen molar-refractivity contribution in [2.24, 2.45) is 0 Å². The predicted molar refractivity (Wildman–Crippen MR) is 75.1 cm³/mol. The minimum absolute atomic E-state index is 0.327. The van der Waals surface area contributed by atoms with Crippen molar-refractivity contribution >= 4 is 5.57 Å². The van der Waals surface area contributed by atoms with Crippen molar-refractivity contribution in [1.29, 1.82) is 0 Å². The highest BCUT2D eigenvalue weighted by Crippen LogP contribution is 2.29. The Bertz CT molecular complexity index is 653. The quantitative estimate of drug-likeness (QED) is 0.699. The van der Waals surface area contributed by atoms with Crippen molar-refractivity contribution in [3.05, 3.63) is 53.0 Å². The van der Waals surface area contributed by atoms with Gasteiger partial charge in [0, 0.05) is 12.3 Å². The fourth-order valence-corrected chi connectivity index (χ4v) is 2.34. The number of pyridine rings is 1. The van der Waals surface area contributed by atoms with Gasteiger partial charge in [-0.25, -0.2) is 4.98 Å². The Balaban J connectivity index is 1.99. The summed E-state index contributed by atoms with van der Waals surface area (Å²) < 4.78 is 5.85. The highest BCUT2D eigenvalue weighted by Gasteiger charge is 2.23. The maximum atomic E-state index is 5.85. The molecule has 0 spiro atoms. The summed E-state index contributed by atoms with van der Waals surface area (Å²) in [6.45, 7) is 10.1. The topological polar surface area (TPSA) is 38.9 Å². The summed E-state index contributed by atoms with van der Waals surface area (Å²) in [5.74, 6) is 2.13. The van der Waals surface area contributed by atoms with Crippen LogP contribution >= 0.6 is 0 Å². The molecule has 2 heterocycles. The van der Waals surface area contributed by atoms with Gasteiger partial charge in [-0.05, 0) is 24.1 Å². The lowest BCUT2D eigenvalue weighted by Crippen LogP contribution is -2.09. The van der Waals surface area contributed by atoms with E-state index in [0.717, 1.165) is 47.1 Å². The van der Waals surface area contributed by atoms with Gasteiger partial charge in [0.25, 0.3) is 0 Å². The molecule has 1 aliphatic carbocycles. The van der Waals surface area contributed by atoms with Crippen LogP contribution in [0.1, 0.15) is 61.0 Å². The third-order valence-corrected chi connectivity index (χ3v) is 3.48. The van der Waals surface area contributed by atoms with Crippen LogP contribution in [0.4, 0.5) is 0 Å². The lowest BCUT2D eigenvalue weighted by atomic mass is 9.96. The molecule has 0 radical (unpaired) electrons. The Hall–Kier alpha value is -1.90. The molecule has 0 aliphatic heterocycles. The van der Waals surface area contributed by atoms with E-state index in [1.54, 1.807) is 0 Å². The molecule has 98 valence electrons. The van der Waals surface area contributed by atoms with Gasteiger partial charge < -0.3 is 4.42 Å². The predicted octanol–water partition coefficient (Wildman–Crippen LogP) is 3.72. The first-order chi connectivity index (χ1) is 9.04. The number of fused-ring (bicyclic) bond motifs is 2. The van der Waals surface area contributed by atoms with Crippen LogP contribution in [0.5, 0.6) is 0 Å². The van der Waals surface area contributed by atoms with Gasteiger partial charge in [0.1, 0.15) is 5.76 Å². The third kappa shape index (κ3) is 2.09. The van der Waals surface area contributed by atoms with Gasteiger partial charge in [0.05, 0.1) is 23.5 Å². The van der Waals surface area contributed by atoms with Gasteiger partial charge in [-0.3, -0.25) is 4.98 Å². The van der Waals surface area contributed by atoms with Gasteiger partial charge in [0.2, 0.25) is 0 Å². The molecule has 0 amide bonds. The summed E-state index contributed by atoms with van der Waals surface area (Å²) in [6.07, 6.45) is 1.57. The Morgan fingerprint density at radius 2 is 2.00 bits per heavy atom. The Labute approximate surface area is 113 Å². The largest absolute Gasteiger partial charge is 0.445 e. The highest BCUT2D eigenvalue weighted by atomic mass is 16.4. The Morgan fingerprint density at radius 3 is 2.68 bits per heavy atom. The summed E-state index contributed by atoms with van der Waals surface area (Å²) >= 11 is 0. The van der Waals surface area contributed by atoms with Crippen LogP contribution in [0.2, 0.25) is 0 Å². The molecule has 0 bridgehead atoms. The lowest BCUT2D eigenvalue weighted by molar-refractivity contribution is 0.439. The van der Waals surface area contributed by atoms with Gasteiger partial charge in [-0.1, -0.05) is 26.5 Å². The molecule has 0 unspecified atom stereocenters. The summed E-state index contributed by atoms with van der Waals surface area (Å²) in [7, 11) is 0. The lowest BCUT2D eigenvalue weighted by Gasteiger charge is -2.14. The number of oxazole rings is 1. The fourth-order valence-electron chi connectivity index (χ4n) is 2.34. The molecule has 1 aliphatic rings. The third-order valence-electron chi connectivity index (χ3n) is 3.48. The first-order valence-electron chi connectivity index (χ1n) is 6.67. The van der Waals surface area contributed by atoms with E-state index in [-0.39, 0.29) is 0 Å². The molecule has 19 heavy (non-hydrogen) atoms. The first kappa shape index (κ1) is 12.2. The van der Waals surface area contributed by atoms with E-state index < -0.39 is 0 Å².